The summed E-state index contributed by atoms with van der Waals surface area (Å²) < 4.78 is 0. The fourth-order valence-corrected chi connectivity index (χ4v) is 1.99. The lowest BCUT2D eigenvalue weighted by molar-refractivity contribution is 0.473. The van der Waals surface area contributed by atoms with Crippen LogP contribution in [0.25, 0.3) is 11.1 Å². The molecule has 0 amide bonds. The number of phenols is 2. The van der Waals surface area contributed by atoms with Crippen LogP contribution in [0.1, 0.15) is 16.7 Å². The number of hydrogen-bond donors (Lipinski definition) is 2. The second-order valence-electron chi connectivity index (χ2n) is 4.46. The normalized spacial score (nSPS) is 10.5. The zero-order chi connectivity index (χ0) is 12.6. The van der Waals surface area contributed by atoms with Crippen LogP contribution in [0.15, 0.2) is 30.3 Å². The Bertz CT molecular complexity index is 571. The van der Waals surface area contributed by atoms with E-state index >= 15 is 0 Å². The van der Waals surface area contributed by atoms with E-state index < -0.39 is 0 Å². The van der Waals surface area contributed by atoms with Gasteiger partial charge in [0.2, 0.25) is 0 Å². The maximum absolute atomic E-state index is 9.97. The predicted molar refractivity (Wildman–Crippen MR) is 69.4 cm³/mol. The summed E-state index contributed by atoms with van der Waals surface area (Å²) >= 11 is 0. The molecule has 0 heterocycles. The molecule has 0 radical (unpaired) electrons. The monoisotopic (exact) mass is 228 g/mol. The fraction of sp³-hybridized carbons (Fsp3) is 0.200. The zero-order valence-electron chi connectivity index (χ0n) is 10.3. The summed E-state index contributed by atoms with van der Waals surface area (Å²) in [5.41, 5.74) is 4.73. The zero-order valence-corrected chi connectivity index (χ0v) is 10.3. The molecule has 2 aromatic rings. The second kappa shape index (κ2) is 4.13. The first-order valence-electron chi connectivity index (χ1n) is 5.59. The highest BCUT2D eigenvalue weighted by atomic mass is 16.3. The van der Waals surface area contributed by atoms with Gasteiger partial charge in [-0.2, -0.15) is 0 Å². The van der Waals surface area contributed by atoms with E-state index in [-0.39, 0.29) is 11.5 Å². The van der Waals surface area contributed by atoms with Gasteiger partial charge in [0.1, 0.15) is 11.5 Å². The molecule has 0 spiro atoms. The predicted octanol–water partition coefficient (Wildman–Crippen LogP) is 3.69. The maximum Gasteiger partial charge on any atom is 0.123 e. The Labute approximate surface area is 101 Å². The van der Waals surface area contributed by atoms with Crippen molar-refractivity contribution < 1.29 is 10.2 Å². The van der Waals surface area contributed by atoms with E-state index in [1.807, 2.05) is 32.9 Å². The molecule has 0 bridgehead atoms. The van der Waals surface area contributed by atoms with Gasteiger partial charge in [0, 0.05) is 5.56 Å². The summed E-state index contributed by atoms with van der Waals surface area (Å²) in [4.78, 5) is 0. The molecule has 0 aromatic heterocycles. The van der Waals surface area contributed by atoms with Gasteiger partial charge in [0.05, 0.1) is 0 Å². The van der Waals surface area contributed by atoms with Crippen molar-refractivity contribution in [1.82, 2.24) is 0 Å². The molecule has 0 atom stereocenters. The van der Waals surface area contributed by atoms with Crippen molar-refractivity contribution in [2.45, 2.75) is 20.8 Å². The van der Waals surface area contributed by atoms with Crippen molar-refractivity contribution >= 4 is 0 Å². The lowest BCUT2D eigenvalue weighted by Crippen LogP contribution is -1.88. The van der Waals surface area contributed by atoms with Crippen LogP contribution in [-0.2, 0) is 0 Å². The van der Waals surface area contributed by atoms with Crippen LogP contribution in [-0.4, -0.2) is 10.2 Å². The minimum atomic E-state index is 0.225. The highest BCUT2D eigenvalue weighted by Gasteiger charge is 2.10. The number of aromatic hydroxyl groups is 2. The van der Waals surface area contributed by atoms with Crippen molar-refractivity contribution in [3.63, 3.8) is 0 Å². The summed E-state index contributed by atoms with van der Waals surface area (Å²) in [6.07, 6.45) is 0. The van der Waals surface area contributed by atoms with E-state index in [1.54, 1.807) is 18.2 Å². The van der Waals surface area contributed by atoms with Crippen LogP contribution in [0.2, 0.25) is 0 Å². The lowest BCUT2D eigenvalue weighted by Gasteiger charge is -2.12. The van der Waals surface area contributed by atoms with Crippen LogP contribution in [0.5, 0.6) is 11.5 Å². The summed E-state index contributed by atoms with van der Waals surface area (Å²) in [6, 6.07) is 8.98. The first kappa shape index (κ1) is 11.5. The lowest BCUT2D eigenvalue weighted by atomic mass is 9.95. The third kappa shape index (κ3) is 2.11. The van der Waals surface area contributed by atoms with Crippen LogP contribution >= 0.6 is 0 Å². The van der Waals surface area contributed by atoms with Crippen molar-refractivity contribution in [2.24, 2.45) is 0 Å². The molecule has 0 saturated carbocycles. The molecule has 0 aliphatic rings. The first-order chi connectivity index (χ1) is 7.99. The van der Waals surface area contributed by atoms with E-state index in [4.69, 9.17) is 0 Å². The van der Waals surface area contributed by atoms with Gasteiger partial charge in [-0.15, -0.1) is 0 Å². The van der Waals surface area contributed by atoms with Gasteiger partial charge in [-0.25, -0.2) is 0 Å². The third-order valence-electron chi connectivity index (χ3n) is 3.10. The quantitative estimate of drug-likeness (QED) is 0.781. The number of benzene rings is 2. The second-order valence-corrected chi connectivity index (χ2v) is 4.46. The van der Waals surface area contributed by atoms with Crippen molar-refractivity contribution in [3.8, 4) is 22.6 Å². The number of aryl methyl sites for hydroxylation is 2. The molecule has 88 valence electrons. The summed E-state index contributed by atoms with van der Waals surface area (Å²) in [5.74, 6) is 0.473. The van der Waals surface area contributed by atoms with E-state index in [1.165, 1.54) is 0 Å². The molecular formula is C15H16O2. The topological polar surface area (TPSA) is 40.5 Å². The summed E-state index contributed by atoms with van der Waals surface area (Å²) in [5, 5.41) is 19.6. The summed E-state index contributed by atoms with van der Waals surface area (Å²) in [6.45, 7) is 5.87. The number of hydrogen-bond acceptors (Lipinski definition) is 2. The van der Waals surface area contributed by atoms with E-state index in [2.05, 4.69) is 0 Å². The van der Waals surface area contributed by atoms with Crippen molar-refractivity contribution in [1.29, 1.82) is 0 Å². The molecule has 2 aromatic carbocycles. The van der Waals surface area contributed by atoms with E-state index in [0.717, 1.165) is 27.8 Å². The highest BCUT2D eigenvalue weighted by molar-refractivity contribution is 5.75. The van der Waals surface area contributed by atoms with Gasteiger partial charge in [0.25, 0.3) is 0 Å². The van der Waals surface area contributed by atoms with Gasteiger partial charge < -0.3 is 10.2 Å². The average Bonchev–Trinajstić information content (AvgIpc) is 2.24. The molecule has 17 heavy (non-hydrogen) atoms. The Balaban J connectivity index is 2.68. The maximum atomic E-state index is 9.97. The van der Waals surface area contributed by atoms with E-state index in [0.29, 0.717) is 0 Å². The molecular weight excluding hydrogens is 212 g/mol. The highest BCUT2D eigenvalue weighted by Crippen LogP contribution is 2.35. The van der Waals surface area contributed by atoms with Crippen molar-refractivity contribution in [2.75, 3.05) is 0 Å². The number of phenolic OH excluding ortho intramolecular Hbond substituents is 2. The summed E-state index contributed by atoms with van der Waals surface area (Å²) in [7, 11) is 0. The Morgan fingerprint density at radius 3 is 2.18 bits per heavy atom. The van der Waals surface area contributed by atoms with Crippen molar-refractivity contribution in [3.05, 3.63) is 47.0 Å². The Hall–Kier alpha value is -1.96. The molecule has 2 rings (SSSR count). The van der Waals surface area contributed by atoms with Gasteiger partial charge in [0.15, 0.2) is 0 Å². The fourth-order valence-electron chi connectivity index (χ4n) is 1.99. The van der Waals surface area contributed by atoms with Crippen LogP contribution in [0.4, 0.5) is 0 Å². The molecule has 2 heteroatoms. The van der Waals surface area contributed by atoms with Crippen LogP contribution in [0, 0.1) is 20.8 Å². The minimum Gasteiger partial charge on any atom is -0.508 e. The first-order valence-corrected chi connectivity index (χ1v) is 5.59. The number of rotatable bonds is 1. The molecule has 0 fully saturated rings. The third-order valence-corrected chi connectivity index (χ3v) is 3.10. The SMILES string of the molecule is Cc1ccc(-c2cc(O)cc(C)c2C)c(O)c1. The molecule has 0 saturated heterocycles. The van der Waals surface area contributed by atoms with E-state index in [9.17, 15) is 10.2 Å². The average molecular weight is 228 g/mol. The minimum absolute atomic E-state index is 0.225. The smallest absolute Gasteiger partial charge is 0.123 e. The Morgan fingerprint density at radius 1 is 0.824 bits per heavy atom. The molecule has 2 N–H and O–H groups in total. The molecule has 2 nitrogen and oxygen atoms in total. The van der Waals surface area contributed by atoms with Gasteiger partial charge in [-0.1, -0.05) is 12.1 Å². The van der Waals surface area contributed by atoms with Gasteiger partial charge in [-0.05, 0) is 61.2 Å². The molecule has 0 aliphatic carbocycles. The Kier molecular flexibility index (Phi) is 2.80. The Morgan fingerprint density at radius 2 is 1.53 bits per heavy atom. The standard InChI is InChI=1S/C15H16O2/c1-9-4-5-13(15(17)6-9)14-8-12(16)7-10(2)11(14)3/h4-8,16-17H,1-3H3. The van der Waals surface area contributed by atoms with Crippen LogP contribution in [0.3, 0.4) is 0 Å². The molecule has 0 unspecified atom stereocenters. The largest absolute Gasteiger partial charge is 0.508 e. The van der Waals surface area contributed by atoms with Crippen LogP contribution < -0.4 is 0 Å². The molecule has 0 aliphatic heterocycles. The van der Waals surface area contributed by atoms with Gasteiger partial charge >= 0.3 is 0 Å². The van der Waals surface area contributed by atoms with Gasteiger partial charge in [-0.3, -0.25) is 0 Å².